The predicted molar refractivity (Wildman–Crippen MR) is 37.6 cm³/mol. The van der Waals surface area contributed by atoms with Crippen LogP contribution in [0.4, 0.5) is 0 Å². The minimum Gasteiger partial charge on any atom is -0.550 e. The van der Waals surface area contributed by atoms with Gasteiger partial charge in [-0.15, -0.1) is 0 Å². The molecule has 74 valence electrons. The van der Waals surface area contributed by atoms with E-state index in [9.17, 15) is 19.5 Å². The van der Waals surface area contributed by atoms with Crippen LogP contribution in [0, 0.1) is 5.41 Å². The van der Waals surface area contributed by atoms with Crippen LogP contribution in [-0.4, -0.2) is 28.1 Å². The second-order valence-corrected chi connectivity index (χ2v) is 2.99. The lowest BCUT2D eigenvalue weighted by Crippen LogP contribution is -2.43. The van der Waals surface area contributed by atoms with Crippen LogP contribution in [0.2, 0.25) is 0 Å². The van der Waals surface area contributed by atoms with Gasteiger partial charge in [0.2, 0.25) is 0 Å². The number of carboxylic acids is 3. The van der Waals surface area contributed by atoms with E-state index >= 15 is 0 Å². The Labute approximate surface area is 73.8 Å². The first kappa shape index (κ1) is 11.4. The molecule has 0 saturated carbocycles. The molecule has 0 aliphatic carbocycles. The highest BCUT2D eigenvalue weighted by atomic mass is 16.4. The lowest BCUT2D eigenvalue weighted by Gasteiger charge is -2.26. The van der Waals surface area contributed by atoms with Gasteiger partial charge in [0, 0.05) is 11.4 Å². The maximum Gasteiger partial charge on any atom is 0.304 e. The molecule has 2 N–H and O–H groups in total. The molecule has 0 aliphatic rings. The van der Waals surface area contributed by atoms with Crippen LogP contribution in [0.5, 0.6) is 0 Å². The lowest BCUT2D eigenvalue weighted by molar-refractivity contribution is -0.319. The quantitative estimate of drug-likeness (QED) is 0.555. The summed E-state index contributed by atoms with van der Waals surface area (Å²) < 4.78 is 0. The Morgan fingerprint density at radius 1 is 1.15 bits per heavy atom. The summed E-state index contributed by atoms with van der Waals surface area (Å²) in [6.45, 7) is 1.03. The van der Waals surface area contributed by atoms with Crippen molar-refractivity contribution in [3.63, 3.8) is 0 Å². The highest BCUT2D eigenvalue weighted by molar-refractivity contribution is 5.84. The lowest BCUT2D eigenvalue weighted by atomic mass is 9.83. The third-order valence-electron chi connectivity index (χ3n) is 1.58. The molecule has 13 heavy (non-hydrogen) atoms. The molecule has 0 aromatic rings. The Balaban J connectivity index is 4.62. The number of hydrogen-bond acceptors (Lipinski definition) is 4. The van der Waals surface area contributed by atoms with Crippen LogP contribution in [0.25, 0.3) is 0 Å². The van der Waals surface area contributed by atoms with E-state index in [1.807, 2.05) is 0 Å². The predicted octanol–water partition coefficient (Wildman–Crippen LogP) is -1.31. The molecule has 0 radical (unpaired) electrons. The second-order valence-electron chi connectivity index (χ2n) is 2.99. The summed E-state index contributed by atoms with van der Waals surface area (Å²) in [4.78, 5) is 30.9. The minimum absolute atomic E-state index is 0.762. The molecule has 0 spiro atoms. The molecule has 0 fully saturated rings. The molecule has 0 aliphatic heterocycles. The summed E-state index contributed by atoms with van der Waals surface area (Å²) in [5.41, 5.74) is -1.85. The molecule has 0 rings (SSSR count). The van der Waals surface area contributed by atoms with Crippen molar-refractivity contribution in [1.29, 1.82) is 0 Å². The molecule has 0 amide bonds. The summed E-state index contributed by atoms with van der Waals surface area (Å²) >= 11 is 0. The van der Waals surface area contributed by atoms with Gasteiger partial charge in [-0.2, -0.15) is 0 Å². The van der Waals surface area contributed by atoms with Gasteiger partial charge in [0.25, 0.3) is 0 Å². The Morgan fingerprint density at radius 2 is 1.46 bits per heavy atom. The molecule has 0 atom stereocenters. The van der Waals surface area contributed by atoms with Gasteiger partial charge >= 0.3 is 11.9 Å². The topological polar surface area (TPSA) is 115 Å². The van der Waals surface area contributed by atoms with Crippen molar-refractivity contribution in [2.45, 2.75) is 19.8 Å². The summed E-state index contributed by atoms with van der Waals surface area (Å²) in [6.07, 6.45) is -1.52. The molecule has 0 saturated heterocycles. The normalized spacial score (nSPS) is 10.8. The van der Waals surface area contributed by atoms with Gasteiger partial charge in [-0.3, -0.25) is 9.59 Å². The molecule has 6 nitrogen and oxygen atoms in total. The highest BCUT2D eigenvalue weighted by Gasteiger charge is 2.31. The van der Waals surface area contributed by atoms with Gasteiger partial charge in [-0.25, -0.2) is 0 Å². The van der Waals surface area contributed by atoms with Crippen molar-refractivity contribution in [2.75, 3.05) is 0 Å². The average molecular weight is 189 g/mol. The molecule has 0 bridgehead atoms. The first-order valence-corrected chi connectivity index (χ1v) is 3.43. The van der Waals surface area contributed by atoms with Crippen molar-refractivity contribution in [3.05, 3.63) is 0 Å². The second kappa shape index (κ2) is 3.88. The van der Waals surface area contributed by atoms with Crippen molar-refractivity contribution in [3.8, 4) is 0 Å². The Morgan fingerprint density at radius 3 is 1.62 bits per heavy atom. The number of carboxylic acid groups (broad SMARTS) is 3. The average Bonchev–Trinajstić information content (AvgIpc) is 1.82. The van der Waals surface area contributed by atoms with Crippen molar-refractivity contribution in [2.24, 2.45) is 5.41 Å². The van der Waals surface area contributed by atoms with E-state index in [4.69, 9.17) is 10.2 Å². The zero-order valence-corrected chi connectivity index (χ0v) is 6.94. The van der Waals surface area contributed by atoms with Gasteiger partial charge in [0.1, 0.15) is 0 Å². The summed E-state index contributed by atoms with van der Waals surface area (Å²) in [7, 11) is 0. The van der Waals surface area contributed by atoms with Crippen molar-refractivity contribution >= 4 is 17.9 Å². The van der Waals surface area contributed by atoms with Crippen LogP contribution < -0.4 is 5.11 Å². The number of hydrogen-bond donors (Lipinski definition) is 2. The number of carbonyl (C=O) groups excluding carboxylic acids is 1. The zero-order valence-electron chi connectivity index (χ0n) is 6.94. The third kappa shape index (κ3) is 3.55. The SMILES string of the molecule is CC(CC(=O)O)(CC(=O)O)C(=O)[O-]. The highest BCUT2D eigenvalue weighted by Crippen LogP contribution is 2.25. The number of aliphatic carboxylic acids is 3. The van der Waals surface area contributed by atoms with E-state index in [2.05, 4.69) is 0 Å². The van der Waals surface area contributed by atoms with Crippen LogP contribution in [0.3, 0.4) is 0 Å². The molecule has 0 heterocycles. The first-order valence-electron chi connectivity index (χ1n) is 3.43. The van der Waals surface area contributed by atoms with Gasteiger partial charge in [-0.1, -0.05) is 6.92 Å². The van der Waals surface area contributed by atoms with Crippen LogP contribution >= 0.6 is 0 Å². The number of rotatable bonds is 5. The van der Waals surface area contributed by atoms with E-state index in [1.165, 1.54) is 0 Å². The Hall–Kier alpha value is -1.59. The first-order chi connectivity index (χ1) is 5.78. The Kier molecular flexibility index (Phi) is 3.41. The van der Waals surface area contributed by atoms with E-state index in [1.54, 1.807) is 0 Å². The fourth-order valence-corrected chi connectivity index (χ4v) is 0.874. The summed E-state index contributed by atoms with van der Waals surface area (Å²) in [5, 5.41) is 27.1. The summed E-state index contributed by atoms with van der Waals surface area (Å²) in [6, 6.07) is 0. The molecular formula is C7H9O6-. The largest absolute Gasteiger partial charge is 0.550 e. The Bertz CT molecular complexity index is 227. The van der Waals surface area contributed by atoms with Crippen molar-refractivity contribution in [1.82, 2.24) is 0 Å². The van der Waals surface area contributed by atoms with E-state index in [0.717, 1.165) is 6.92 Å². The maximum absolute atomic E-state index is 10.5. The maximum atomic E-state index is 10.5. The zero-order chi connectivity index (χ0) is 10.6. The monoisotopic (exact) mass is 189 g/mol. The van der Waals surface area contributed by atoms with E-state index in [-0.39, 0.29) is 0 Å². The molecular weight excluding hydrogens is 180 g/mol. The molecule has 0 unspecified atom stereocenters. The molecule has 0 aromatic carbocycles. The van der Waals surface area contributed by atoms with Crippen LogP contribution in [0.1, 0.15) is 19.8 Å². The van der Waals surface area contributed by atoms with Crippen LogP contribution in [-0.2, 0) is 14.4 Å². The van der Waals surface area contributed by atoms with Gasteiger partial charge in [0.15, 0.2) is 0 Å². The van der Waals surface area contributed by atoms with Gasteiger partial charge < -0.3 is 20.1 Å². The standard InChI is InChI=1S/C7H10O6/c1-7(6(12)13,2-4(8)9)3-5(10)11/h2-3H2,1H3,(H,8,9)(H,10,11)(H,12,13)/p-1. The van der Waals surface area contributed by atoms with Crippen molar-refractivity contribution < 1.29 is 29.7 Å². The fraction of sp³-hybridized carbons (Fsp3) is 0.571. The summed E-state index contributed by atoms with van der Waals surface area (Å²) in [5.74, 6) is -4.40. The van der Waals surface area contributed by atoms with Crippen LogP contribution in [0.15, 0.2) is 0 Å². The fourth-order valence-electron chi connectivity index (χ4n) is 0.874. The van der Waals surface area contributed by atoms with E-state index < -0.39 is 36.2 Å². The smallest absolute Gasteiger partial charge is 0.304 e. The van der Waals surface area contributed by atoms with Gasteiger partial charge in [0.05, 0.1) is 12.8 Å². The number of carbonyl (C=O) groups is 3. The molecule has 0 aromatic heterocycles. The minimum atomic E-state index is -1.85. The van der Waals surface area contributed by atoms with E-state index in [0.29, 0.717) is 0 Å². The van der Waals surface area contributed by atoms with Gasteiger partial charge in [-0.05, 0) is 0 Å². The molecule has 6 heteroatoms. The third-order valence-corrected chi connectivity index (χ3v) is 1.58.